The van der Waals surface area contributed by atoms with Crippen molar-refractivity contribution in [1.82, 2.24) is 9.21 Å². The number of halogens is 1. The van der Waals surface area contributed by atoms with E-state index in [1.165, 1.54) is 24.5 Å². The van der Waals surface area contributed by atoms with Crippen molar-refractivity contribution in [3.8, 4) is 0 Å². The molecule has 25 heavy (non-hydrogen) atoms. The van der Waals surface area contributed by atoms with Crippen LogP contribution in [0.15, 0.2) is 24.3 Å². The average Bonchev–Trinajstić information content (AvgIpc) is 2.74. The summed E-state index contributed by atoms with van der Waals surface area (Å²) in [5.41, 5.74) is 0.345. The fraction of sp³-hybridized carbons (Fsp3) is 0.611. The quantitative estimate of drug-likeness (QED) is 0.821. The van der Waals surface area contributed by atoms with Crippen molar-refractivity contribution < 1.29 is 17.6 Å². The Morgan fingerprint density at radius 3 is 2.40 bits per heavy atom. The molecule has 0 N–H and O–H groups in total. The van der Waals surface area contributed by atoms with Gasteiger partial charge in [0.25, 0.3) is 5.91 Å². The topological polar surface area (TPSA) is 57.7 Å². The standard InChI is InChI=1S/C18H25FN2O3S/c1-25(23,24)21(16-7-3-8-16)17-9-4-11-20(12-10-17)18(22)14-5-2-6-15(19)13-14/h2,5-6,13,16-17H,3-4,7-12H2,1H3/t17-/m0/s1. The van der Waals surface area contributed by atoms with Gasteiger partial charge in [0.05, 0.1) is 6.26 Å². The maximum atomic E-state index is 13.4. The normalized spacial score (nSPS) is 22.5. The van der Waals surface area contributed by atoms with E-state index in [9.17, 15) is 17.6 Å². The summed E-state index contributed by atoms with van der Waals surface area (Å²) in [5.74, 6) is -0.610. The number of rotatable bonds is 4. The SMILES string of the molecule is CS(=O)(=O)N(C1CCC1)[C@H]1CCCN(C(=O)c2cccc(F)c2)CC1. The molecule has 1 saturated carbocycles. The molecule has 138 valence electrons. The highest BCUT2D eigenvalue weighted by Crippen LogP contribution is 2.32. The fourth-order valence-electron chi connectivity index (χ4n) is 3.82. The van der Waals surface area contributed by atoms with E-state index in [0.717, 1.165) is 32.1 Å². The molecule has 1 aromatic rings. The van der Waals surface area contributed by atoms with Crippen LogP contribution in [0.4, 0.5) is 4.39 Å². The highest BCUT2D eigenvalue weighted by atomic mass is 32.2. The second-order valence-corrected chi connectivity index (χ2v) is 8.95. The molecule has 7 heteroatoms. The maximum Gasteiger partial charge on any atom is 0.253 e. The maximum absolute atomic E-state index is 13.4. The largest absolute Gasteiger partial charge is 0.339 e. The Bertz CT molecular complexity index is 734. The van der Waals surface area contributed by atoms with Gasteiger partial charge in [-0.05, 0) is 50.3 Å². The van der Waals surface area contributed by atoms with E-state index >= 15 is 0 Å². The van der Waals surface area contributed by atoms with E-state index in [1.54, 1.807) is 15.3 Å². The summed E-state index contributed by atoms with van der Waals surface area (Å²) in [7, 11) is -3.26. The molecule has 1 atom stereocenters. The van der Waals surface area contributed by atoms with Crippen LogP contribution in [-0.4, -0.2) is 55.0 Å². The summed E-state index contributed by atoms with van der Waals surface area (Å²) in [6, 6.07) is 5.78. The van der Waals surface area contributed by atoms with Crippen LogP contribution >= 0.6 is 0 Å². The third-order valence-electron chi connectivity index (χ3n) is 5.23. The first-order valence-corrected chi connectivity index (χ1v) is 10.7. The van der Waals surface area contributed by atoms with Crippen LogP contribution in [0.1, 0.15) is 48.9 Å². The summed E-state index contributed by atoms with van der Waals surface area (Å²) < 4.78 is 39.6. The van der Waals surface area contributed by atoms with Crippen LogP contribution in [0.2, 0.25) is 0 Å². The fourth-order valence-corrected chi connectivity index (χ4v) is 5.33. The number of hydrogen-bond donors (Lipinski definition) is 0. The van der Waals surface area contributed by atoms with E-state index in [-0.39, 0.29) is 18.0 Å². The smallest absolute Gasteiger partial charge is 0.253 e. The molecule has 2 aliphatic rings. The Kier molecular flexibility index (Phi) is 5.43. The third-order valence-corrected chi connectivity index (χ3v) is 6.60. The summed E-state index contributed by atoms with van der Waals surface area (Å²) in [5, 5.41) is 0. The van der Waals surface area contributed by atoms with E-state index in [2.05, 4.69) is 0 Å². The van der Waals surface area contributed by atoms with Gasteiger partial charge in [-0.15, -0.1) is 0 Å². The molecule has 1 heterocycles. The van der Waals surface area contributed by atoms with Gasteiger partial charge >= 0.3 is 0 Å². The first kappa shape index (κ1) is 18.3. The highest BCUT2D eigenvalue weighted by molar-refractivity contribution is 7.88. The zero-order valence-corrected chi connectivity index (χ0v) is 15.3. The number of sulfonamides is 1. The number of carbonyl (C=O) groups excluding carboxylic acids is 1. The predicted octanol–water partition coefficient (Wildman–Crippen LogP) is 2.63. The Balaban J connectivity index is 1.70. The van der Waals surface area contributed by atoms with Gasteiger partial charge in [-0.25, -0.2) is 12.8 Å². The number of benzene rings is 1. The summed E-state index contributed by atoms with van der Waals surface area (Å²) in [4.78, 5) is 14.3. The lowest BCUT2D eigenvalue weighted by Crippen LogP contribution is -2.50. The van der Waals surface area contributed by atoms with Crippen molar-refractivity contribution in [2.24, 2.45) is 0 Å². The van der Waals surface area contributed by atoms with Crippen LogP contribution < -0.4 is 0 Å². The van der Waals surface area contributed by atoms with E-state index in [4.69, 9.17) is 0 Å². The number of nitrogens with zero attached hydrogens (tertiary/aromatic N) is 2. The molecular weight excluding hydrogens is 343 g/mol. The molecule has 0 aromatic heterocycles. The van der Waals surface area contributed by atoms with Gasteiger partial charge in [0.2, 0.25) is 10.0 Å². The average molecular weight is 368 g/mol. The Hall–Kier alpha value is -1.47. The molecule has 2 fully saturated rings. The molecule has 0 radical (unpaired) electrons. The van der Waals surface area contributed by atoms with Gasteiger partial charge in [-0.3, -0.25) is 4.79 Å². The monoisotopic (exact) mass is 368 g/mol. The van der Waals surface area contributed by atoms with Crippen LogP contribution in [0.25, 0.3) is 0 Å². The van der Waals surface area contributed by atoms with Crippen molar-refractivity contribution in [1.29, 1.82) is 0 Å². The minimum absolute atomic E-state index is 0.0504. The zero-order chi connectivity index (χ0) is 18.0. The van der Waals surface area contributed by atoms with E-state index < -0.39 is 15.8 Å². The second-order valence-electron chi connectivity index (χ2n) is 7.06. The molecule has 1 aromatic carbocycles. The Morgan fingerprint density at radius 2 is 1.80 bits per heavy atom. The lowest BCUT2D eigenvalue weighted by atomic mass is 9.91. The summed E-state index contributed by atoms with van der Waals surface area (Å²) in [6.07, 6.45) is 6.36. The molecule has 1 saturated heterocycles. The Labute approximate surface area is 148 Å². The van der Waals surface area contributed by atoms with Gasteiger partial charge < -0.3 is 4.90 Å². The Morgan fingerprint density at radius 1 is 1.12 bits per heavy atom. The minimum Gasteiger partial charge on any atom is -0.339 e. The summed E-state index contributed by atoms with van der Waals surface area (Å²) >= 11 is 0. The van der Waals surface area contributed by atoms with Gasteiger partial charge in [0.1, 0.15) is 5.82 Å². The number of likely N-dealkylation sites (tertiary alicyclic amines) is 1. The second kappa shape index (κ2) is 7.41. The summed E-state index contributed by atoms with van der Waals surface area (Å²) in [6.45, 7) is 1.08. The molecule has 1 aliphatic heterocycles. The predicted molar refractivity (Wildman–Crippen MR) is 94.3 cm³/mol. The van der Waals surface area contributed by atoms with Gasteiger partial charge in [-0.2, -0.15) is 4.31 Å². The lowest BCUT2D eigenvalue weighted by Gasteiger charge is -2.40. The van der Waals surface area contributed by atoms with Gasteiger partial charge in [0.15, 0.2) is 0 Å². The zero-order valence-electron chi connectivity index (χ0n) is 14.5. The van der Waals surface area contributed by atoms with Crippen LogP contribution in [0.5, 0.6) is 0 Å². The molecular formula is C18H25FN2O3S. The molecule has 5 nitrogen and oxygen atoms in total. The van der Waals surface area contributed by atoms with Crippen molar-refractivity contribution in [2.75, 3.05) is 19.3 Å². The van der Waals surface area contributed by atoms with Gasteiger partial charge in [0, 0.05) is 30.7 Å². The molecule has 3 rings (SSSR count). The van der Waals surface area contributed by atoms with Crippen molar-refractivity contribution in [3.05, 3.63) is 35.6 Å². The molecule has 1 aliphatic carbocycles. The third kappa shape index (κ3) is 4.20. The van der Waals surface area contributed by atoms with Crippen LogP contribution in [0.3, 0.4) is 0 Å². The molecule has 0 bridgehead atoms. The molecule has 0 spiro atoms. The van der Waals surface area contributed by atoms with Crippen molar-refractivity contribution in [3.63, 3.8) is 0 Å². The van der Waals surface area contributed by atoms with Crippen LogP contribution in [0, 0.1) is 5.82 Å². The lowest BCUT2D eigenvalue weighted by molar-refractivity contribution is 0.0757. The number of amides is 1. The first-order valence-electron chi connectivity index (χ1n) is 8.89. The molecule has 1 amide bonds. The van der Waals surface area contributed by atoms with E-state index in [1.807, 2.05) is 0 Å². The van der Waals surface area contributed by atoms with Crippen LogP contribution in [-0.2, 0) is 10.0 Å². The number of carbonyl (C=O) groups is 1. The molecule has 0 unspecified atom stereocenters. The minimum atomic E-state index is -3.26. The van der Waals surface area contributed by atoms with Crippen molar-refractivity contribution >= 4 is 15.9 Å². The highest BCUT2D eigenvalue weighted by Gasteiger charge is 2.37. The van der Waals surface area contributed by atoms with Gasteiger partial charge in [-0.1, -0.05) is 12.5 Å². The van der Waals surface area contributed by atoms with Crippen molar-refractivity contribution in [2.45, 2.75) is 50.6 Å². The van der Waals surface area contributed by atoms with E-state index in [0.29, 0.717) is 25.1 Å². The first-order chi connectivity index (χ1) is 11.9. The number of hydrogen-bond acceptors (Lipinski definition) is 3.